The summed E-state index contributed by atoms with van der Waals surface area (Å²) in [6.45, 7) is 6.56. The lowest BCUT2D eigenvalue weighted by atomic mass is 10.2. The zero-order chi connectivity index (χ0) is 14.4. The molecule has 0 amide bonds. The van der Waals surface area contributed by atoms with Gasteiger partial charge in [0.15, 0.2) is 0 Å². The monoisotopic (exact) mass is 332 g/mol. The van der Waals surface area contributed by atoms with Crippen LogP contribution in [0.5, 0.6) is 0 Å². The molecule has 0 radical (unpaired) electrons. The van der Waals surface area contributed by atoms with Crippen LogP contribution in [0.3, 0.4) is 0 Å². The predicted molar refractivity (Wildman–Crippen MR) is 81.4 cm³/mol. The van der Waals surface area contributed by atoms with Crippen LogP contribution >= 0.6 is 15.9 Å². The van der Waals surface area contributed by atoms with Crippen LogP contribution in [0.15, 0.2) is 10.7 Å². The average molecular weight is 333 g/mol. The zero-order valence-electron chi connectivity index (χ0n) is 12.5. The Bertz CT molecular complexity index is 379. The van der Waals surface area contributed by atoms with E-state index in [-0.39, 0.29) is 12.1 Å². The second-order valence-corrected chi connectivity index (χ2v) is 5.98. The fourth-order valence-corrected chi connectivity index (χ4v) is 2.35. The van der Waals surface area contributed by atoms with E-state index in [1.165, 1.54) is 0 Å². The Labute approximate surface area is 124 Å². The summed E-state index contributed by atoms with van der Waals surface area (Å²) in [5.41, 5.74) is 1.14. The molecular formula is C13H25BrN4O. The molecule has 0 aliphatic carbocycles. The Balaban J connectivity index is 2.80. The van der Waals surface area contributed by atoms with Crippen molar-refractivity contribution < 1.29 is 4.74 Å². The maximum absolute atomic E-state index is 5.72. The third-order valence-electron chi connectivity index (χ3n) is 2.87. The lowest BCUT2D eigenvalue weighted by Crippen LogP contribution is -2.28. The quantitative estimate of drug-likeness (QED) is 0.789. The second kappa shape index (κ2) is 7.99. The van der Waals surface area contributed by atoms with Gasteiger partial charge >= 0.3 is 0 Å². The smallest absolute Gasteiger partial charge is 0.0738 e. The Morgan fingerprint density at radius 3 is 2.68 bits per heavy atom. The van der Waals surface area contributed by atoms with E-state index < -0.39 is 0 Å². The highest BCUT2D eigenvalue weighted by atomic mass is 79.9. The van der Waals surface area contributed by atoms with E-state index in [1.807, 2.05) is 31.8 Å². The Morgan fingerprint density at radius 1 is 1.47 bits per heavy atom. The van der Waals surface area contributed by atoms with Crippen LogP contribution in [0.1, 0.15) is 25.6 Å². The maximum Gasteiger partial charge on any atom is 0.0738 e. The van der Waals surface area contributed by atoms with Crippen molar-refractivity contribution in [2.45, 2.75) is 32.5 Å². The normalized spacial score (nSPS) is 13.5. The van der Waals surface area contributed by atoms with Crippen LogP contribution in [0, 0.1) is 0 Å². The minimum atomic E-state index is 0.140. The van der Waals surface area contributed by atoms with Crippen molar-refractivity contribution in [3.05, 3.63) is 16.4 Å². The molecule has 0 bridgehead atoms. The van der Waals surface area contributed by atoms with Crippen molar-refractivity contribution >= 4 is 15.9 Å². The zero-order valence-corrected chi connectivity index (χ0v) is 14.1. The lowest BCUT2D eigenvalue weighted by Gasteiger charge is -2.21. The molecule has 1 heterocycles. The second-order valence-electron chi connectivity index (χ2n) is 5.13. The number of nitrogens with zero attached hydrogens (tertiary/aromatic N) is 3. The summed E-state index contributed by atoms with van der Waals surface area (Å²) >= 11 is 3.58. The van der Waals surface area contributed by atoms with Gasteiger partial charge in [-0.1, -0.05) is 0 Å². The molecule has 110 valence electrons. The topological polar surface area (TPSA) is 42.3 Å². The first-order chi connectivity index (χ1) is 8.95. The van der Waals surface area contributed by atoms with Crippen molar-refractivity contribution in [3.63, 3.8) is 0 Å². The van der Waals surface area contributed by atoms with E-state index in [2.05, 4.69) is 45.3 Å². The molecule has 1 atom stereocenters. The predicted octanol–water partition coefficient (Wildman–Crippen LogP) is 1.89. The Kier molecular flexibility index (Phi) is 6.99. The van der Waals surface area contributed by atoms with Gasteiger partial charge in [0.2, 0.25) is 0 Å². The van der Waals surface area contributed by atoms with E-state index in [1.54, 1.807) is 0 Å². The minimum Gasteiger partial charge on any atom is -0.377 e. The fraction of sp³-hybridized carbons (Fsp3) is 0.769. The number of ether oxygens (including phenoxy) is 1. The van der Waals surface area contributed by atoms with Crippen molar-refractivity contribution in [3.8, 4) is 0 Å². The number of hydrogen-bond donors (Lipinski definition) is 1. The molecule has 1 rings (SSSR count). The molecule has 1 N–H and O–H groups in total. The van der Waals surface area contributed by atoms with Gasteiger partial charge in [0.1, 0.15) is 0 Å². The van der Waals surface area contributed by atoms with E-state index in [0.717, 1.165) is 23.3 Å². The van der Waals surface area contributed by atoms with Crippen molar-refractivity contribution in [2.75, 3.05) is 34.3 Å². The van der Waals surface area contributed by atoms with Crippen LogP contribution in [0.2, 0.25) is 0 Å². The van der Waals surface area contributed by atoms with E-state index >= 15 is 0 Å². The van der Waals surface area contributed by atoms with Crippen molar-refractivity contribution in [1.29, 1.82) is 0 Å². The highest BCUT2D eigenvalue weighted by Crippen LogP contribution is 2.23. The summed E-state index contributed by atoms with van der Waals surface area (Å²) < 4.78 is 8.78. The van der Waals surface area contributed by atoms with E-state index in [9.17, 15) is 0 Å². The van der Waals surface area contributed by atoms with Gasteiger partial charge in [-0.25, -0.2) is 0 Å². The summed E-state index contributed by atoms with van der Waals surface area (Å²) in [5.74, 6) is 0. The molecule has 0 aliphatic heterocycles. The van der Waals surface area contributed by atoms with Crippen LogP contribution in [0.4, 0.5) is 0 Å². The highest BCUT2D eigenvalue weighted by molar-refractivity contribution is 9.10. The Morgan fingerprint density at radius 2 is 2.16 bits per heavy atom. The number of hydrogen-bond acceptors (Lipinski definition) is 4. The summed E-state index contributed by atoms with van der Waals surface area (Å²) in [6, 6.07) is 0.140. The van der Waals surface area contributed by atoms with Crippen molar-refractivity contribution in [2.24, 2.45) is 0 Å². The lowest BCUT2D eigenvalue weighted by molar-refractivity contribution is 0.0607. The first kappa shape index (κ1) is 16.6. The molecule has 6 heteroatoms. The van der Waals surface area contributed by atoms with Crippen LogP contribution in [-0.2, 0) is 11.3 Å². The number of nitrogens with one attached hydrogen (secondary N) is 1. The molecule has 1 unspecified atom stereocenters. The molecule has 0 aliphatic rings. The molecular weight excluding hydrogens is 308 g/mol. The average Bonchev–Trinajstić information content (AvgIpc) is 2.69. The molecule has 0 saturated carbocycles. The molecule has 0 fully saturated rings. The van der Waals surface area contributed by atoms with Gasteiger partial charge in [-0.15, -0.1) is 0 Å². The van der Waals surface area contributed by atoms with Gasteiger partial charge in [-0.3, -0.25) is 4.68 Å². The summed E-state index contributed by atoms with van der Waals surface area (Å²) in [4.78, 5) is 2.15. The number of halogens is 1. The largest absolute Gasteiger partial charge is 0.377 e. The molecule has 5 nitrogen and oxygen atoms in total. The van der Waals surface area contributed by atoms with Crippen LogP contribution < -0.4 is 5.32 Å². The number of likely N-dealkylation sites (N-methyl/N-ethyl adjacent to an activating group) is 2. The summed E-state index contributed by atoms with van der Waals surface area (Å²) in [7, 11) is 6.08. The van der Waals surface area contributed by atoms with Gasteiger partial charge in [0.05, 0.1) is 41.7 Å². The minimum absolute atomic E-state index is 0.140. The molecule has 19 heavy (non-hydrogen) atoms. The summed E-state index contributed by atoms with van der Waals surface area (Å²) in [5, 5.41) is 7.73. The van der Waals surface area contributed by atoms with E-state index in [0.29, 0.717) is 6.61 Å². The fourth-order valence-electron chi connectivity index (χ4n) is 1.78. The molecule has 1 aromatic rings. The van der Waals surface area contributed by atoms with Crippen molar-refractivity contribution in [1.82, 2.24) is 20.0 Å². The molecule has 1 aromatic heterocycles. The first-order valence-electron chi connectivity index (χ1n) is 6.60. The first-order valence-corrected chi connectivity index (χ1v) is 7.39. The number of rotatable bonds is 8. The number of aromatic nitrogens is 2. The third-order valence-corrected chi connectivity index (χ3v) is 3.48. The Hall–Kier alpha value is -0.430. The standard InChI is InChI=1S/C13H25BrN4O/c1-10(2)19-9-12(15-3)13-11(14)8-16-18(13)7-6-17(4)5/h8,10,12,15H,6-7,9H2,1-5H3. The molecule has 0 aromatic carbocycles. The maximum atomic E-state index is 5.72. The highest BCUT2D eigenvalue weighted by Gasteiger charge is 2.19. The van der Waals surface area contributed by atoms with Crippen LogP contribution in [-0.4, -0.2) is 55.1 Å². The van der Waals surface area contributed by atoms with Gasteiger partial charge in [0.25, 0.3) is 0 Å². The van der Waals surface area contributed by atoms with E-state index in [4.69, 9.17) is 4.74 Å². The van der Waals surface area contributed by atoms with Gasteiger partial charge in [-0.2, -0.15) is 5.10 Å². The summed E-state index contributed by atoms with van der Waals surface area (Å²) in [6.07, 6.45) is 2.08. The molecule has 0 spiro atoms. The third kappa shape index (κ3) is 5.22. The molecule has 0 saturated heterocycles. The SMILES string of the molecule is CNC(COC(C)C)c1c(Br)cnn1CCN(C)C. The van der Waals surface area contributed by atoms with Gasteiger partial charge in [0, 0.05) is 6.54 Å². The van der Waals surface area contributed by atoms with Gasteiger partial charge < -0.3 is 15.0 Å². The van der Waals surface area contributed by atoms with Gasteiger partial charge in [-0.05, 0) is 50.9 Å². The van der Waals surface area contributed by atoms with Crippen LogP contribution in [0.25, 0.3) is 0 Å².